The third-order valence-electron chi connectivity index (χ3n) is 6.45. The number of halogens is 2. The highest BCUT2D eigenvalue weighted by atomic mass is 35.5. The Labute approximate surface area is 239 Å². The largest absolute Gasteiger partial charge is 0.495 e. The van der Waals surface area contributed by atoms with Crippen molar-refractivity contribution < 1.29 is 14.3 Å². The van der Waals surface area contributed by atoms with E-state index in [1.165, 1.54) is 38.2 Å². The Balaban J connectivity index is 1.39. The molecule has 5 rings (SSSR count). The van der Waals surface area contributed by atoms with Crippen LogP contribution in [0.1, 0.15) is 17.3 Å². The van der Waals surface area contributed by atoms with Crippen molar-refractivity contribution in [3.8, 4) is 11.5 Å². The van der Waals surface area contributed by atoms with Crippen LogP contribution in [0.2, 0.25) is 10.0 Å². The van der Waals surface area contributed by atoms with Crippen LogP contribution in [-0.4, -0.2) is 77.7 Å². The lowest BCUT2D eigenvalue weighted by molar-refractivity contribution is 0.102. The Morgan fingerprint density at radius 2 is 1.69 bits per heavy atom. The number of piperazine rings is 1. The number of hydrogen-bond acceptors (Lipinski definition) is 11. The lowest BCUT2D eigenvalue weighted by Crippen LogP contribution is -2.46. The van der Waals surface area contributed by atoms with E-state index in [0.717, 1.165) is 38.5 Å². The Bertz CT molecular complexity index is 1480. The Hall–Kier alpha value is -3.45. The van der Waals surface area contributed by atoms with Crippen LogP contribution in [0.3, 0.4) is 0 Å². The minimum Gasteiger partial charge on any atom is -0.495 e. The molecule has 0 saturated carbocycles. The maximum atomic E-state index is 13.3. The number of aromatic nitrogens is 4. The first-order valence-electron chi connectivity index (χ1n) is 12.1. The average Bonchev–Trinajstić information content (AvgIpc) is 3.41. The zero-order valence-corrected chi connectivity index (χ0v) is 23.8. The number of amides is 1. The van der Waals surface area contributed by atoms with Gasteiger partial charge in [-0.05, 0) is 6.54 Å². The van der Waals surface area contributed by atoms with Gasteiger partial charge >= 0.3 is 0 Å². The van der Waals surface area contributed by atoms with Gasteiger partial charge < -0.3 is 29.9 Å². The normalized spacial score (nSPS) is 13.9. The summed E-state index contributed by atoms with van der Waals surface area (Å²) in [6, 6.07) is 3.45. The molecule has 11 nitrogen and oxygen atoms in total. The molecule has 0 bridgehead atoms. The van der Waals surface area contributed by atoms with E-state index in [9.17, 15) is 4.79 Å². The van der Waals surface area contributed by atoms with Gasteiger partial charge in [0.1, 0.15) is 45.8 Å². The van der Waals surface area contributed by atoms with Gasteiger partial charge in [0.05, 0.1) is 35.7 Å². The molecular weight excluding hydrogens is 563 g/mol. The summed E-state index contributed by atoms with van der Waals surface area (Å²) < 4.78 is 11.3. The fourth-order valence-corrected chi connectivity index (χ4v) is 5.82. The number of benzene rings is 1. The number of carbonyl (C=O) groups is 1. The molecule has 0 spiro atoms. The van der Waals surface area contributed by atoms with Crippen molar-refractivity contribution in [2.75, 3.05) is 62.5 Å². The zero-order valence-electron chi connectivity index (χ0n) is 21.5. The zero-order chi connectivity index (χ0) is 27.5. The molecule has 4 aromatic rings. The Kier molecular flexibility index (Phi) is 8.17. The molecule has 1 aliphatic heterocycles. The van der Waals surface area contributed by atoms with Crippen molar-refractivity contribution in [2.45, 2.75) is 6.92 Å². The SMILES string of the molecule is CCN1CCN(c2cc(Nc3ncnc4c(C(=O)Nc5c(Cl)c(OC)cc(OC)c5Cl)csc34)ncn2)CC1. The first kappa shape index (κ1) is 27.1. The summed E-state index contributed by atoms with van der Waals surface area (Å²) in [6.45, 7) is 7.01. The number of nitrogens with zero attached hydrogens (tertiary/aromatic N) is 6. The quantitative estimate of drug-likeness (QED) is 0.293. The molecule has 1 amide bonds. The summed E-state index contributed by atoms with van der Waals surface area (Å²) in [5.74, 6) is 2.16. The molecule has 14 heteroatoms. The van der Waals surface area contributed by atoms with Crippen LogP contribution in [-0.2, 0) is 0 Å². The summed E-state index contributed by atoms with van der Waals surface area (Å²) in [5.41, 5.74) is 0.994. The first-order valence-corrected chi connectivity index (χ1v) is 13.8. The van der Waals surface area contributed by atoms with Crippen molar-refractivity contribution in [2.24, 2.45) is 0 Å². The van der Waals surface area contributed by atoms with Crippen molar-refractivity contribution in [1.82, 2.24) is 24.8 Å². The minimum atomic E-state index is -0.444. The number of likely N-dealkylation sites (N-methyl/N-ethyl adjacent to an activating group) is 1. The third-order valence-corrected chi connectivity index (χ3v) is 8.18. The van der Waals surface area contributed by atoms with Crippen LogP contribution in [0, 0.1) is 0 Å². The van der Waals surface area contributed by atoms with E-state index >= 15 is 0 Å². The second kappa shape index (κ2) is 11.7. The molecule has 1 aliphatic rings. The predicted molar refractivity (Wildman–Crippen MR) is 155 cm³/mol. The van der Waals surface area contributed by atoms with Gasteiger partial charge in [-0.1, -0.05) is 30.1 Å². The molecule has 4 heterocycles. The molecule has 204 valence electrons. The van der Waals surface area contributed by atoms with Crippen molar-refractivity contribution >= 4 is 73.8 Å². The Morgan fingerprint density at radius 1 is 1.00 bits per heavy atom. The number of methoxy groups -OCH3 is 2. The van der Waals surface area contributed by atoms with Gasteiger partial charge in [0, 0.05) is 43.7 Å². The van der Waals surface area contributed by atoms with E-state index in [0.29, 0.717) is 38.9 Å². The second-order valence-corrected chi connectivity index (χ2v) is 10.2. The van der Waals surface area contributed by atoms with E-state index in [-0.39, 0.29) is 15.7 Å². The highest BCUT2D eigenvalue weighted by Gasteiger charge is 2.23. The molecule has 0 radical (unpaired) electrons. The number of hydrogen-bond donors (Lipinski definition) is 2. The molecule has 39 heavy (non-hydrogen) atoms. The lowest BCUT2D eigenvalue weighted by atomic mass is 10.2. The van der Waals surface area contributed by atoms with Crippen LogP contribution in [0.25, 0.3) is 10.2 Å². The number of rotatable bonds is 8. The van der Waals surface area contributed by atoms with E-state index in [4.69, 9.17) is 32.7 Å². The number of nitrogens with one attached hydrogen (secondary N) is 2. The van der Waals surface area contributed by atoms with E-state index in [1.807, 2.05) is 6.07 Å². The molecule has 0 aliphatic carbocycles. The number of carbonyl (C=O) groups excluding carboxylic acids is 1. The van der Waals surface area contributed by atoms with Crippen molar-refractivity contribution in [3.05, 3.63) is 45.8 Å². The van der Waals surface area contributed by atoms with Gasteiger partial charge in [0.15, 0.2) is 5.82 Å². The van der Waals surface area contributed by atoms with Gasteiger partial charge in [0.25, 0.3) is 5.91 Å². The second-order valence-electron chi connectivity index (χ2n) is 8.60. The number of ether oxygens (including phenoxy) is 2. The predicted octanol–water partition coefficient (Wildman–Crippen LogP) is 4.94. The van der Waals surface area contributed by atoms with Gasteiger partial charge in [-0.2, -0.15) is 0 Å². The maximum absolute atomic E-state index is 13.3. The molecule has 1 aromatic carbocycles. The summed E-state index contributed by atoms with van der Waals surface area (Å²) in [4.78, 5) is 35.5. The topological polar surface area (TPSA) is 118 Å². The third kappa shape index (κ3) is 5.50. The fourth-order valence-electron chi connectivity index (χ4n) is 4.28. The van der Waals surface area contributed by atoms with Crippen LogP contribution in [0.15, 0.2) is 30.2 Å². The summed E-state index contributed by atoms with van der Waals surface area (Å²) in [6.07, 6.45) is 2.93. The van der Waals surface area contributed by atoms with Crippen LogP contribution in [0.5, 0.6) is 11.5 Å². The fraction of sp³-hybridized carbons (Fsp3) is 0.320. The van der Waals surface area contributed by atoms with Crippen LogP contribution < -0.4 is 25.0 Å². The smallest absolute Gasteiger partial charge is 0.258 e. The Morgan fingerprint density at radius 3 is 2.36 bits per heavy atom. The minimum absolute atomic E-state index is 0.156. The summed E-state index contributed by atoms with van der Waals surface area (Å²) in [5, 5.41) is 8.06. The number of thiophene rings is 1. The van der Waals surface area contributed by atoms with Crippen molar-refractivity contribution in [1.29, 1.82) is 0 Å². The lowest BCUT2D eigenvalue weighted by Gasteiger charge is -2.34. The molecular formula is C25H26Cl2N8O3S. The monoisotopic (exact) mass is 588 g/mol. The van der Waals surface area contributed by atoms with Gasteiger partial charge in [-0.3, -0.25) is 4.79 Å². The highest BCUT2D eigenvalue weighted by Crippen LogP contribution is 2.44. The van der Waals surface area contributed by atoms with E-state index in [1.54, 1.807) is 11.4 Å². The average molecular weight is 590 g/mol. The van der Waals surface area contributed by atoms with E-state index < -0.39 is 5.91 Å². The van der Waals surface area contributed by atoms with Gasteiger partial charge in [0.2, 0.25) is 0 Å². The van der Waals surface area contributed by atoms with Crippen molar-refractivity contribution in [3.63, 3.8) is 0 Å². The number of anilines is 4. The van der Waals surface area contributed by atoms with Crippen LogP contribution >= 0.6 is 34.5 Å². The maximum Gasteiger partial charge on any atom is 0.258 e. The van der Waals surface area contributed by atoms with Gasteiger partial charge in [-0.25, -0.2) is 19.9 Å². The van der Waals surface area contributed by atoms with E-state index in [2.05, 4.69) is 47.3 Å². The molecule has 3 aromatic heterocycles. The molecule has 1 fully saturated rings. The number of fused-ring (bicyclic) bond motifs is 1. The van der Waals surface area contributed by atoms with Crippen LogP contribution in [0.4, 0.5) is 23.1 Å². The summed E-state index contributed by atoms with van der Waals surface area (Å²) >= 11 is 14.2. The molecule has 1 saturated heterocycles. The standard InChI is InChI=1S/C25H26Cl2N8O3S/c1-4-34-5-7-35(8-6-34)18-10-17(28-12-29-18)32-24-23-21(30-13-31-24)14(11-39-23)25(36)33-22-19(26)15(37-2)9-16(38-3)20(22)27/h9-13H,4-8H2,1-3H3,(H,33,36)(H,28,29,30,31,32). The molecule has 0 atom stereocenters. The molecule has 2 N–H and O–H groups in total. The highest BCUT2D eigenvalue weighted by molar-refractivity contribution is 7.18. The summed E-state index contributed by atoms with van der Waals surface area (Å²) in [7, 11) is 2.93. The molecule has 0 unspecified atom stereocenters. The van der Waals surface area contributed by atoms with Gasteiger partial charge in [-0.15, -0.1) is 11.3 Å². The first-order chi connectivity index (χ1) is 18.9.